The van der Waals surface area contributed by atoms with Crippen molar-refractivity contribution in [1.82, 2.24) is 5.32 Å². The number of aryl methyl sites for hydroxylation is 2. The molecule has 0 bridgehead atoms. The highest BCUT2D eigenvalue weighted by Crippen LogP contribution is 2.25. The molecule has 0 amide bonds. The van der Waals surface area contributed by atoms with Crippen LogP contribution in [-0.4, -0.2) is 32.9 Å². The summed E-state index contributed by atoms with van der Waals surface area (Å²) < 4.78 is 11.2. The molecule has 3 nitrogen and oxygen atoms in total. The molecule has 0 spiro atoms. The smallest absolute Gasteiger partial charge is 0.119 e. The van der Waals surface area contributed by atoms with Crippen molar-refractivity contribution in [3.63, 3.8) is 0 Å². The number of hydrogen-bond donors (Lipinski definition) is 1. The fraction of sp³-hybridized carbons (Fsp3) is 0.625. The number of hydrogen-bond acceptors (Lipinski definition) is 3. The van der Waals surface area contributed by atoms with Gasteiger partial charge in [-0.15, -0.1) is 0 Å². The van der Waals surface area contributed by atoms with Gasteiger partial charge in [0, 0.05) is 19.7 Å². The summed E-state index contributed by atoms with van der Waals surface area (Å²) in [5, 5.41) is 3.44. The van der Waals surface area contributed by atoms with Gasteiger partial charge in [-0.3, -0.25) is 0 Å². The zero-order chi connectivity index (χ0) is 12.9. The number of ether oxygens (including phenoxy) is 2. The Kier molecular flexibility index (Phi) is 4.36. The largest absolute Gasteiger partial charge is 0.492 e. The zero-order valence-electron chi connectivity index (χ0n) is 11.5. The third kappa shape index (κ3) is 3.48. The van der Waals surface area contributed by atoms with Crippen molar-refractivity contribution < 1.29 is 9.47 Å². The highest BCUT2D eigenvalue weighted by atomic mass is 16.5. The van der Waals surface area contributed by atoms with E-state index in [1.165, 1.54) is 36.8 Å². The van der Waals surface area contributed by atoms with Gasteiger partial charge in [0.2, 0.25) is 0 Å². The number of rotatable bonds is 6. The van der Waals surface area contributed by atoms with E-state index in [2.05, 4.69) is 23.5 Å². The molecule has 1 aliphatic carbocycles. The maximum atomic E-state index is 5.80. The van der Waals surface area contributed by atoms with Gasteiger partial charge < -0.3 is 14.8 Å². The van der Waals surface area contributed by atoms with Crippen molar-refractivity contribution >= 4 is 0 Å². The van der Waals surface area contributed by atoms with Gasteiger partial charge >= 0.3 is 0 Å². The molecule has 3 rings (SSSR count). The molecule has 1 fully saturated rings. The molecule has 0 saturated carbocycles. The Morgan fingerprint density at radius 2 is 2.21 bits per heavy atom. The van der Waals surface area contributed by atoms with Crippen LogP contribution in [-0.2, 0) is 17.6 Å². The molecule has 1 aromatic rings. The summed E-state index contributed by atoms with van der Waals surface area (Å²) in [6.45, 7) is 4.55. The maximum Gasteiger partial charge on any atom is 0.119 e. The second-order valence-electron chi connectivity index (χ2n) is 5.57. The zero-order valence-corrected chi connectivity index (χ0v) is 11.5. The van der Waals surface area contributed by atoms with E-state index in [-0.39, 0.29) is 0 Å². The molecular formula is C16H23NO2. The van der Waals surface area contributed by atoms with Crippen LogP contribution in [0.15, 0.2) is 18.2 Å². The van der Waals surface area contributed by atoms with Crippen molar-refractivity contribution in [1.29, 1.82) is 0 Å². The number of nitrogens with one attached hydrogen (secondary N) is 1. The first-order valence-corrected chi connectivity index (χ1v) is 7.45. The summed E-state index contributed by atoms with van der Waals surface area (Å²) >= 11 is 0. The first-order chi connectivity index (χ1) is 9.42. The van der Waals surface area contributed by atoms with Gasteiger partial charge in [-0.1, -0.05) is 6.07 Å². The highest BCUT2D eigenvalue weighted by molar-refractivity contribution is 5.38. The molecule has 1 unspecified atom stereocenters. The Balaban J connectivity index is 1.35. The van der Waals surface area contributed by atoms with Gasteiger partial charge in [0.15, 0.2) is 0 Å². The average molecular weight is 261 g/mol. The quantitative estimate of drug-likeness (QED) is 0.796. The van der Waals surface area contributed by atoms with E-state index in [0.717, 1.165) is 38.7 Å². The second kappa shape index (κ2) is 6.40. The molecule has 0 radical (unpaired) electrons. The molecular weight excluding hydrogens is 238 g/mol. The Morgan fingerprint density at radius 3 is 3.11 bits per heavy atom. The van der Waals surface area contributed by atoms with Crippen LogP contribution in [0.25, 0.3) is 0 Å². The van der Waals surface area contributed by atoms with E-state index in [0.29, 0.717) is 5.92 Å². The topological polar surface area (TPSA) is 30.5 Å². The van der Waals surface area contributed by atoms with Crippen LogP contribution in [0, 0.1) is 5.92 Å². The molecule has 2 aliphatic rings. The highest BCUT2D eigenvalue weighted by Gasteiger charge is 2.14. The lowest BCUT2D eigenvalue weighted by molar-refractivity contribution is 0.185. The Morgan fingerprint density at radius 1 is 1.26 bits per heavy atom. The van der Waals surface area contributed by atoms with Crippen molar-refractivity contribution in [2.24, 2.45) is 5.92 Å². The van der Waals surface area contributed by atoms with Gasteiger partial charge in [-0.25, -0.2) is 0 Å². The second-order valence-corrected chi connectivity index (χ2v) is 5.57. The van der Waals surface area contributed by atoms with E-state index in [1.54, 1.807) is 0 Å². The minimum Gasteiger partial charge on any atom is -0.492 e. The monoisotopic (exact) mass is 261 g/mol. The molecule has 1 aromatic carbocycles. The lowest BCUT2D eigenvalue weighted by Crippen LogP contribution is -2.27. The van der Waals surface area contributed by atoms with E-state index in [9.17, 15) is 0 Å². The summed E-state index contributed by atoms with van der Waals surface area (Å²) in [5.41, 5.74) is 2.99. The summed E-state index contributed by atoms with van der Waals surface area (Å²) in [6.07, 6.45) is 4.94. The molecule has 1 saturated heterocycles. The summed E-state index contributed by atoms with van der Waals surface area (Å²) in [5.74, 6) is 1.71. The third-order valence-corrected chi connectivity index (χ3v) is 4.07. The van der Waals surface area contributed by atoms with E-state index in [4.69, 9.17) is 9.47 Å². The van der Waals surface area contributed by atoms with Crippen LogP contribution in [0.1, 0.15) is 24.0 Å². The van der Waals surface area contributed by atoms with E-state index in [1.807, 2.05) is 0 Å². The lowest BCUT2D eigenvalue weighted by atomic mass is 10.1. The fourth-order valence-electron chi connectivity index (χ4n) is 2.93. The third-order valence-electron chi connectivity index (χ3n) is 4.07. The summed E-state index contributed by atoms with van der Waals surface area (Å²) in [7, 11) is 0. The van der Waals surface area contributed by atoms with Gasteiger partial charge in [0.25, 0.3) is 0 Å². The van der Waals surface area contributed by atoms with Crippen molar-refractivity contribution in [3.05, 3.63) is 29.3 Å². The molecule has 3 heteroatoms. The normalized spacial score (nSPS) is 21.6. The van der Waals surface area contributed by atoms with Crippen molar-refractivity contribution in [2.75, 3.05) is 32.9 Å². The minimum absolute atomic E-state index is 0.694. The fourth-order valence-corrected chi connectivity index (χ4v) is 2.93. The summed E-state index contributed by atoms with van der Waals surface area (Å²) in [6, 6.07) is 6.54. The Hall–Kier alpha value is -1.06. The van der Waals surface area contributed by atoms with Crippen LogP contribution in [0.4, 0.5) is 0 Å². The summed E-state index contributed by atoms with van der Waals surface area (Å²) in [4.78, 5) is 0. The number of benzene rings is 1. The Bertz CT molecular complexity index is 413. The standard InChI is InChI=1S/C16H23NO2/c1-2-14-4-5-16(10-15(14)3-1)19-9-7-17-11-13-6-8-18-12-13/h4-5,10,13,17H,1-3,6-9,11-12H2. The van der Waals surface area contributed by atoms with Crippen LogP contribution in [0.2, 0.25) is 0 Å². The van der Waals surface area contributed by atoms with Gasteiger partial charge in [-0.05, 0) is 54.9 Å². The van der Waals surface area contributed by atoms with Crippen LogP contribution in [0.3, 0.4) is 0 Å². The van der Waals surface area contributed by atoms with Gasteiger partial charge in [-0.2, -0.15) is 0 Å². The van der Waals surface area contributed by atoms with Gasteiger partial charge in [0.1, 0.15) is 12.4 Å². The molecule has 104 valence electrons. The maximum absolute atomic E-state index is 5.80. The first kappa shape index (κ1) is 12.9. The number of fused-ring (bicyclic) bond motifs is 1. The van der Waals surface area contributed by atoms with Crippen LogP contribution >= 0.6 is 0 Å². The molecule has 1 aliphatic heterocycles. The Labute approximate surface area is 115 Å². The predicted octanol–water partition coefficient (Wildman–Crippen LogP) is 2.18. The first-order valence-electron chi connectivity index (χ1n) is 7.45. The van der Waals surface area contributed by atoms with Crippen LogP contribution in [0.5, 0.6) is 5.75 Å². The van der Waals surface area contributed by atoms with E-state index < -0.39 is 0 Å². The average Bonchev–Trinajstić information content (AvgIpc) is 3.08. The van der Waals surface area contributed by atoms with Gasteiger partial charge in [0.05, 0.1) is 6.61 Å². The molecule has 0 aromatic heterocycles. The van der Waals surface area contributed by atoms with Crippen molar-refractivity contribution in [2.45, 2.75) is 25.7 Å². The predicted molar refractivity (Wildman–Crippen MR) is 75.8 cm³/mol. The minimum atomic E-state index is 0.694. The molecule has 19 heavy (non-hydrogen) atoms. The van der Waals surface area contributed by atoms with Crippen LogP contribution < -0.4 is 10.1 Å². The van der Waals surface area contributed by atoms with E-state index >= 15 is 0 Å². The molecule has 1 atom stereocenters. The molecule has 1 heterocycles. The SMILES string of the molecule is c1cc2c(cc1OCCNCC1CCOC1)CCC2. The lowest BCUT2D eigenvalue weighted by Gasteiger charge is -2.11. The molecule has 1 N–H and O–H groups in total. The van der Waals surface area contributed by atoms with Crippen molar-refractivity contribution in [3.8, 4) is 5.75 Å².